The first kappa shape index (κ1) is 16.9. The van der Waals surface area contributed by atoms with Gasteiger partial charge in [-0.15, -0.1) is 0 Å². The van der Waals surface area contributed by atoms with Crippen molar-refractivity contribution in [3.63, 3.8) is 0 Å². The van der Waals surface area contributed by atoms with Crippen molar-refractivity contribution in [3.8, 4) is 5.75 Å². The second-order valence-corrected chi connectivity index (χ2v) is 4.41. The third-order valence-electron chi connectivity index (χ3n) is 2.43. The highest BCUT2D eigenvalue weighted by atomic mass is 35.5. The number of rotatable bonds is 8. The first-order chi connectivity index (χ1) is 9.93. The zero-order valence-electron chi connectivity index (χ0n) is 11.3. The van der Waals surface area contributed by atoms with E-state index in [-0.39, 0.29) is 48.3 Å². The number of ketones is 1. The van der Waals surface area contributed by atoms with Crippen LogP contribution < -0.4 is 4.74 Å². The van der Waals surface area contributed by atoms with E-state index in [1.54, 1.807) is 6.92 Å². The summed E-state index contributed by atoms with van der Waals surface area (Å²) < 4.78 is 9.86. The van der Waals surface area contributed by atoms with Gasteiger partial charge in [-0.1, -0.05) is 11.6 Å². The van der Waals surface area contributed by atoms with E-state index in [1.165, 1.54) is 18.2 Å². The number of nitro benzene ring substituents is 1. The fourth-order valence-corrected chi connectivity index (χ4v) is 1.68. The van der Waals surface area contributed by atoms with Crippen LogP contribution in [0.25, 0.3) is 0 Å². The monoisotopic (exact) mass is 315 g/mol. The minimum atomic E-state index is -0.614. The van der Waals surface area contributed by atoms with Crippen LogP contribution in [0.5, 0.6) is 5.75 Å². The molecule has 0 fully saturated rings. The molecule has 0 heterocycles. The summed E-state index contributed by atoms with van der Waals surface area (Å²) in [6.07, 6.45) is 0.0105. The van der Waals surface area contributed by atoms with Gasteiger partial charge in [0.2, 0.25) is 0 Å². The predicted octanol–water partition coefficient (Wildman–Crippen LogP) is 2.54. The molecule has 1 rings (SSSR count). The number of hydrogen-bond donors (Lipinski definition) is 0. The quantitative estimate of drug-likeness (QED) is 0.415. The van der Waals surface area contributed by atoms with Crippen molar-refractivity contribution in [3.05, 3.63) is 33.3 Å². The predicted molar refractivity (Wildman–Crippen MR) is 74.5 cm³/mol. The molecule has 0 aliphatic rings. The normalized spacial score (nSPS) is 10.0. The molecule has 8 heteroatoms. The van der Waals surface area contributed by atoms with Crippen LogP contribution >= 0.6 is 11.6 Å². The van der Waals surface area contributed by atoms with Crippen LogP contribution in [0.15, 0.2) is 18.2 Å². The molecule has 21 heavy (non-hydrogen) atoms. The average Bonchev–Trinajstić information content (AvgIpc) is 2.43. The van der Waals surface area contributed by atoms with E-state index >= 15 is 0 Å². The van der Waals surface area contributed by atoms with Crippen molar-refractivity contribution in [1.29, 1.82) is 0 Å². The maximum atomic E-state index is 11.5. The lowest BCUT2D eigenvalue weighted by Gasteiger charge is -2.06. The van der Waals surface area contributed by atoms with Crippen molar-refractivity contribution in [2.24, 2.45) is 0 Å². The molecule has 0 radical (unpaired) electrons. The van der Waals surface area contributed by atoms with Gasteiger partial charge in [-0.3, -0.25) is 19.7 Å². The summed E-state index contributed by atoms with van der Waals surface area (Å²) in [7, 11) is 0. The highest BCUT2D eigenvalue weighted by Gasteiger charge is 2.13. The molecule has 0 N–H and O–H groups in total. The van der Waals surface area contributed by atoms with Gasteiger partial charge in [0, 0.05) is 18.6 Å². The molecule has 114 valence electrons. The molecule has 0 spiro atoms. The fourth-order valence-electron chi connectivity index (χ4n) is 1.44. The minimum absolute atomic E-state index is 0.00293. The SMILES string of the molecule is CCOC(=O)CCC(=O)COc1ccc([N+](=O)[O-])c(Cl)c1. The Morgan fingerprint density at radius 2 is 2.05 bits per heavy atom. The lowest BCUT2D eigenvalue weighted by atomic mass is 10.2. The molecule has 0 unspecified atom stereocenters. The number of nitrogens with zero attached hydrogens (tertiary/aromatic N) is 1. The second kappa shape index (κ2) is 8.21. The number of Topliss-reactive ketones (excluding diaryl/α,β-unsaturated/α-hetero) is 1. The number of hydrogen-bond acceptors (Lipinski definition) is 6. The van der Waals surface area contributed by atoms with Crippen LogP contribution in [-0.4, -0.2) is 29.9 Å². The smallest absolute Gasteiger partial charge is 0.306 e. The van der Waals surface area contributed by atoms with Crippen LogP contribution in [0.1, 0.15) is 19.8 Å². The lowest BCUT2D eigenvalue weighted by Crippen LogP contribution is -2.14. The van der Waals surface area contributed by atoms with Gasteiger partial charge in [0.15, 0.2) is 5.78 Å². The number of benzene rings is 1. The second-order valence-electron chi connectivity index (χ2n) is 4.00. The third kappa shape index (κ3) is 5.78. The third-order valence-corrected chi connectivity index (χ3v) is 2.73. The van der Waals surface area contributed by atoms with Crippen molar-refractivity contribution >= 4 is 29.0 Å². The topological polar surface area (TPSA) is 95.7 Å². The Labute approximate surface area is 125 Å². The van der Waals surface area contributed by atoms with E-state index in [0.717, 1.165) is 0 Å². The summed E-state index contributed by atoms with van der Waals surface area (Å²) in [5.41, 5.74) is -0.238. The summed E-state index contributed by atoms with van der Waals surface area (Å²) in [6.45, 7) is 1.71. The van der Waals surface area contributed by atoms with Gasteiger partial charge in [-0.25, -0.2) is 0 Å². The first-order valence-corrected chi connectivity index (χ1v) is 6.56. The van der Waals surface area contributed by atoms with Crippen molar-refractivity contribution < 1.29 is 24.0 Å². The molecule has 1 aromatic rings. The van der Waals surface area contributed by atoms with Gasteiger partial charge in [0.1, 0.15) is 17.4 Å². The Morgan fingerprint density at radius 1 is 1.33 bits per heavy atom. The van der Waals surface area contributed by atoms with Crippen LogP contribution in [0.2, 0.25) is 5.02 Å². The Morgan fingerprint density at radius 3 is 2.62 bits per heavy atom. The molecule has 0 amide bonds. The van der Waals surface area contributed by atoms with Crippen LogP contribution in [0.4, 0.5) is 5.69 Å². The lowest BCUT2D eigenvalue weighted by molar-refractivity contribution is -0.384. The number of esters is 1. The molecular weight excluding hydrogens is 302 g/mol. The number of halogens is 1. The molecule has 0 bridgehead atoms. The number of carbonyl (C=O) groups is 2. The van der Waals surface area contributed by atoms with Crippen LogP contribution in [0, 0.1) is 10.1 Å². The van der Waals surface area contributed by atoms with E-state index < -0.39 is 10.9 Å². The number of nitro groups is 1. The van der Waals surface area contributed by atoms with E-state index in [9.17, 15) is 19.7 Å². The van der Waals surface area contributed by atoms with Crippen LogP contribution in [0.3, 0.4) is 0 Å². The Kier molecular flexibility index (Phi) is 6.61. The zero-order chi connectivity index (χ0) is 15.8. The highest BCUT2D eigenvalue weighted by molar-refractivity contribution is 6.32. The molecule has 7 nitrogen and oxygen atoms in total. The summed E-state index contributed by atoms with van der Waals surface area (Å²) in [5.74, 6) is -0.475. The average molecular weight is 316 g/mol. The fraction of sp³-hybridized carbons (Fsp3) is 0.385. The summed E-state index contributed by atoms with van der Waals surface area (Å²) >= 11 is 5.71. The van der Waals surface area contributed by atoms with Gasteiger partial charge < -0.3 is 9.47 Å². The molecular formula is C13H14ClNO6. The maximum Gasteiger partial charge on any atom is 0.306 e. The van der Waals surface area contributed by atoms with Gasteiger partial charge >= 0.3 is 5.97 Å². The van der Waals surface area contributed by atoms with Crippen LogP contribution in [-0.2, 0) is 14.3 Å². The molecule has 0 aliphatic carbocycles. The zero-order valence-corrected chi connectivity index (χ0v) is 12.1. The molecule has 0 aromatic heterocycles. The Hall–Kier alpha value is -2.15. The summed E-state index contributed by atoms with van der Waals surface area (Å²) in [6, 6.07) is 3.81. The van der Waals surface area contributed by atoms with Gasteiger partial charge in [-0.05, 0) is 13.0 Å². The molecule has 0 atom stereocenters. The van der Waals surface area contributed by atoms with Crippen molar-refractivity contribution in [1.82, 2.24) is 0 Å². The summed E-state index contributed by atoms with van der Waals surface area (Å²) in [4.78, 5) is 32.6. The molecule has 0 aliphatic heterocycles. The van der Waals surface area contributed by atoms with Gasteiger partial charge in [0.05, 0.1) is 18.0 Å². The molecule has 0 saturated carbocycles. The Balaban J connectivity index is 2.45. The van der Waals surface area contributed by atoms with E-state index in [1.807, 2.05) is 0 Å². The minimum Gasteiger partial charge on any atom is -0.486 e. The number of carbonyl (C=O) groups excluding carboxylic acids is 2. The van der Waals surface area contributed by atoms with E-state index in [4.69, 9.17) is 21.1 Å². The number of ether oxygens (including phenoxy) is 2. The largest absolute Gasteiger partial charge is 0.486 e. The standard InChI is InChI=1S/C13H14ClNO6/c1-2-20-13(17)6-3-9(16)8-21-10-4-5-12(15(18)19)11(14)7-10/h4-5,7H,2-3,6,8H2,1H3. The van der Waals surface area contributed by atoms with Gasteiger partial charge in [0.25, 0.3) is 5.69 Å². The van der Waals surface area contributed by atoms with Crippen molar-refractivity contribution in [2.75, 3.05) is 13.2 Å². The van der Waals surface area contributed by atoms with E-state index in [2.05, 4.69) is 0 Å². The van der Waals surface area contributed by atoms with Crippen molar-refractivity contribution in [2.45, 2.75) is 19.8 Å². The first-order valence-electron chi connectivity index (χ1n) is 6.18. The molecule has 1 aromatic carbocycles. The maximum absolute atomic E-state index is 11.5. The van der Waals surface area contributed by atoms with E-state index in [0.29, 0.717) is 0 Å². The highest BCUT2D eigenvalue weighted by Crippen LogP contribution is 2.28. The summed E-state index contributed by atoms with van der Waals surface area (Å²) in [5, 5.41) is 10.5. The molecule has 0 saturated heterocycles. The Bertz CT molecular complexity index is 545. The van der Waals surface area contributed by atoms with Gasteiger partial charge in [-0.2, -0.15) is 0 Å².